The molecule has 2 N–H and O–H groups in total. The van der Waals surface area contributed by atoms with Gasteiger partial charge < -0.3 is 15.1 Å². The van der Waals surface area contributed by atoms with Gasteiger partial charge in [0.25, 0.3) is 0 Å². The molecule has 0 spiro atoms. The summed E-state index contributed by atoms with van der Waals surface area (Å²) in [4.78, 5) is 15.8. The third-order valence-corrected chi connectivity index (χ3v) is 5.76. The lowest BCUT2D eigenvalue weighted by atomic mass is 9.94. The molecule has 2 aromatic heterocycles. The molecule has 4 rings (SSSR count). The fourth-order valence-electron chi connectivity index (χ4n) is 3.24. The monoisotopic (exact) mass is 356 g/mol. The molecule has 0 unspecified atom stereocenters. The van der Waals surface area contributed by atoms with E-state index in [2.05, 4.69) is 19.9 Å². The minimum Gasteiger partial charge on any atom is -0.508 e. The van der Waals surface area contributed by atoms with Crippen LogP contribution in [0.25, 0.3) is 20.8 Å². The average Bonchev–Trinajstić information content (AvgIpc) is 3.06. The van der Waals surface area contributed by atoms with Crippen LogP contribution in [0.5, 0.6) is 5.75 Å². The van der Waals surface area contributed by atoms with E-state index in [0.717, 1.165) is 59.1 Å². The molecule has 1 aliphatic rings. The van der Waals surface area contributed by atoms with E-state index in [4.69, 9.17) is 5.11 Å². The van der Waals surface area contributed by atoms with Crippen LogP contribution >= 0.6 is 11.3 Å². The van der Waals surface area contributed by atoms with Crippen LogP contribution in [0.2, 0.25) is 0 Å². The molecule has 130 valence electrons. The fourth-order valence-corrected chi connectivity index (χ4v) is 4.21. The number of aliphatic hydroxyl groups is 1. The van der Waals surface area contributed by atoms with Crippen molar-refractivity contribution in [2.45, 2.75) is 19.3 Å². The number of aromatic nitrogens is 3. The lowest BCUT2D eigenvalue weighted by Gasteiger charge is -2.31. The van der Waals surface area contributed by atoms with Gasteiger partial charge in [-0.25, -0.2) is 15.0 Å². The number of hydrogen-bond donors (Lipinski definition) is 2. The average molecular weight is 356 g/mol. The molecule has 0 aliphatic carbocycles. The molecule has 3 aromatic rings. The number of piperidine rings is 1. The highest BCUT2D eigenvalue weighted by molar-refractivity contribution is 7.21. The van der Waals surface area contributed by atoms with Gasteiger partial charge in [-0.05, 0) is 43.4 Å². The number of thiazole rings is 1. The maximum Gasteiger partial charge on any atom is 0.225 e. The highest BCUT2D eigenvalue weighted by Crippen LogP contribution is 2.32. The summed E-state index contributed by atoms with van der Waals surface area (Å²) in [6.45, 7) is 2.14. The smallest absolute Gasteiger partial charge is 0.225 e. The van der Waals surface area contributed by atoms with Gasteiger partial charge >= 0.3 is 0 Å². The Bertz CT molecular complexity index is 857. The molecule has 1 fully saturated rings. The Balaban J connectivity index is 1.49. The number of anilines is 1. The van der Waals surface area contributed by atoms with Crippen molar-refractivity contribution in [2.24, 2.45) is 5.92 Å². The zero-order chi connectivity index (χ0) is 17.2. The molecule has 0 saturated carbocycles. The number of phenols is 1. The van der Waals surface area contributed by atoms with Gasteiger partial charge in [0, 0.05) is 37.7 Å². The van der Waals surface area contributed by atoms with Gasteiger partial charge in [0.1, 0.15) is 10.8 Å². The Morgan fingerprint density at radius 1 is 1.16 bits per heavy atom. The summed E-state index contributed by atoms with van der Waals surface area (Å²) in [6, 6.07) is 5.19. The third kappa shape index (κ3) is 3.43. The van der Waals surface area contributed by atoms with Crippen molar-refractivity contribution in [1.82, 2.24) is 15.0 Å². The van der Waals surface area contributed by atoms with Crippen LogP contribution in [0.3, 0.4) is 0 Å². The molecule has 3 heterocycles. The largest absolute Gasteiger partial charge is 0.508 e. The maximum atomic E-state index is 9.58. The summed E-state index contributed by atoms with van der Waals surface area (Å²) in [7, 11) is 0. The van der Waals surface area contributed by atoms with Gasteiger partial charge in [0.2, 0.25) is 5.95 Å². The van der Waals surface area contributed by atoms with Crippen LogP contribution in [-0.4, -0.2) is 44.9 Å². The van der Waals surface area contributed by atoms with E-state index in [0.29, 0.717) is 5.92 Å². The number of fused-ring (bicyclic) bond motifs is 1. The van der Waals surface area contributed by atoms with E-state index >= 15 is 0 Å². The van der Waals surface area contributed by atoms with Crippen molar-refractivity contribution < 1.29 is 10.2 Å². The van der Waals surface area contributed by atoms with Crippen LogP contribution in [-0.2, 0) is 0 Å². The topological polar surface area (TPSA) is 82.4 Å². The van der Waals surface area contributed by atoms with Crippen molar-refractivity contribution in [1.29, 1.82) is 0 Å². The number of hydrogen-bond acceptors (Lipinski definition) is 7. The number of aliphatic hydroxyl groups excluding tert-OH is 1. The van der Waals surface area contributed by atoms with E-state index in [1.165, 1.54) is 11.3 Å². The Morgan fingerprint density at radius 3 is 2.64 bits per heavy atom. The minimum absolute atomic E-state index is 0.249. The number of nitrogens with zero attached hydrogens (tertiary/aromatic N) is 4. The van der Waals surface area contributed by atoms with Crippen LogP contribution in [0.1, 0.15) is 19.3 Å². The molecule has 0 amide bonds. The second kappa shape index (κ2) is 6.93. The summed E-state index contributed by atoms with van der Waals surface area (Å²) in [5.41, 5.74) is 1.76. The van der Waals surface area contributed by atoms with Gasteiger partial charge in [-0.1, -0.05) is 0 Å². The molecular weight excluding hydrogens is 336 g/mol. The Hall–Kier alpha value is -2.25. The van der Waals surface area contributed by atoms with E-state index in [1.807, 2.05) is 18.5 Å². The number of phenolic OH excluding ortho intramolecular Hbond substituents is 1. The van der Waals surface area contributed by atoms with E-state index in [-0.39, 0.29) is 12.4 Å². The molecule has 7 heteroatoms. The van der Waals surface area contributed by atoms with E-state index in [1.54, 1.807) is 12.1 Å². The summed E-state index contributed by atoms with van der Waals surface area (Å²) in [6.07, 6.45) is 6.68. The number of benzene rings is 1. The van der Waals surface area contributed by atoms with Crippen LogP contribution in [0.4, 0.5) is 5.95 Å². The van der Waals surface area contributed by atoms with Crippen molar-refractivity contribution in [3.8, 4) is 16.3 Å². The SMILES string of the molecule is OCCC1CCN(c2ncc(-c3nc4ccc(O)cc4s3)cn2)CC1. The molecule has 6 nitrogen and oxygen atoms in total. The van der Waals surface area contributed by atoms with Crippen LogP contribution in [0, 0.1) is 5.92 Å². The second-order valence-electron chi connectivity index (χ2n) is 6.39. The lowest BCUT2D eigenvalue weighted by molar-refractivity contribution is 0.240. The normalized spacial score (nSPS) is 15.8. The highest BCUT2D eigenvalue weighted by Gasteiger charge is 2.20. The summed E-state index contributed by atoms with van der Waals surface area (Å²) >= 11 is 1.52. The Kier molecular flexibility index (Phi) is 4.50. The van der Waals surface area contributed by atoms with E-state index < -0.39 is 0 Å². The van der Waals surface area contributed by atoms with Crippen molar-refractivity contribution in [3.63, 3.8) is 0 Å². The molecular formula is C18H20N4O2S. The third-order valence-electron chi connectivity index (χ3n) is 4.69. The lowest BCUT2D eigenvalue weighted by Crippen LogP contribution is -2.35. The molecule has 0 bridgehead atoms. The van der Waals surface area contributed by atoms with Crippen molar-refractivity contribution in [2.75, 3.05) is 24.6 Å². The maximum absolute atomic E-state index is 9.58. The highest BCUT2D eigenvalue weighted by atomic mass is 32.1. The van der Waals surface area contributed by atoms with Gasteiger partial charge in [-0.2, -0.15) is 0 Å². The molecule has 0 radical (unpaired) electrons. The Labute approximate surface area is 149 Å². The van der Waals surface area contributed by atoms with Crippen molar-refractivity contribution >= 4 is 27.5 Å². The molecule has 0 atom stereocenters. The summed E-state index contributed by atoms with van der Waals surface area (Å²) in [5.74, 6) is 1.61. The van der Waals surface area contributed by atoms with Crippen LogP contribution < -0.4 is 4.90 Å². The summed E-state index contributed by atoms with van der Waals surface area (Å²) in [5, 5.41) is 19.5. The van der Waals surface area contributed by atoms with Gasteiger partial charge in [-0.15, -0.1) is 11.3 Å². The van der Waals surface area contributed by atoms with Gasteiger partial charge in [-0.3, -0.25) is 0 Å². The van der Waals surface area contributed by atoms with E-state index in [9.17, 15) is 5.11 Å². The van der Waals surface area contributed by atoms with Crippen molar-refractivity contribution in [3.05, 3.63) is 30.6 Å². The first-order valence-corrected chi connectivity index (χ1v) is 9.32. The van der Waals surface area contributed by atoms with Crippen LogP contribution in [0.15, 0.2) is 30.6 Å². The zero-order valence-corrected chi connectivity index (χ0v) is 14.6. The van der Waals surface area contributed by atoms with Gasteiger partial charge in [0.05, 0.1) is 10.2 Å². The molecule has 1 aromatic carbocycles. The Morgan fingerprint density at radius 2 is 1.92 bits per heavy atom. The standard InChI is InChI=1S/C18H20N4O2S/c23-8-5-12-3-6-22(7-4-12)18-19-10-13(11-20-18)17-21-15-2-1-14(24)9-16(15)25-17/h1-2,9-12,23-24H,3-8H2. The predicted octanol–water partition coefficient (Wildman–Crippen LogP) is 3.06. The molecule has 1 saturated heterocycles. The second-order valence-corrected chi connectivity index (χ2v) is 7.42. The predicted molar refractivity (Wildman–Crippen MR) is 99.0 cm³/mol. The summed E-state index contributed by atoms with van der Waals surface area (Å²) < 4.78 is 0.949. The fraction of sp³-hybridized carbons (Fsp3) is 0.389. The number of rotatable bonds is 4. The number of aromatic hydroxyl groups is 1. The van der Waals surface area contributed by atoms with Gasteiger partial charge in [0.15, 0.2) is 0 Å². The first-order valence-electron chi connectivity index (χ1n) is 8.51. The zero-order valence-electron chi connectivity index (χ0n) is 13.8. The first-order chi connectivity index (χ1) is 12.2. The molecule has 25 heavy (non-hydrogen) atoms. The first kappa shape index (κ1) is 16.2. The quantitative estimate of drug-likeness (QED) is 0.748. The molecule has 1 aliphatic heterocycles. The minimum atomic E-state index is 0.249.